The fraction of sp³-hybridized carbons (Fsp3) is 0.692. The summed E-state index contributed by atoms with van der Waals surface area (Å²) in [6, 6.07) is 2.19. The van der Waals surface area contributed by atoms with E-state index in [1.165, 1.54) is 23.4 Å². The molecule has 6 heteroatoms. The lowest BCUT2D eigenvalue weighted by atomic mass is 10.3. The van der Waals surface area contributed by atoms with Gasteiger partial charge in [-0.3, -0.25) is 4.90 Å². The van der Waals surface area contributed by atoms with Gasteiger partial charge in [0.1, 0.15) is 0 Å². The van der Waals surface area contributed by atoms with Gasteiger partial charge in [0.15, 0.2) is 0 Å². The molecule has 0 saturated carbocycles. The quantitative estimate of drug-likeness (QED) is 0.538. The highest BCUT2D eigenvalue weighted by Gasteiger charge is 2.08. The Kier molecular flexibility index (Phi) is 11.0. The molecule has 19 heavy (non-hydrogen) atoms. The van der Waals surface area contributed by atoms with E-state index in [0.717, 1.165) is 39.4 Å². The SMILES string of the molecule is Cc1ccsc1CNCCCN1CCOCC1.[Cl-].[Cl-]. The van der Waals surface area contributed by atoms with Crippen molar-refractivity contribution in [2.75, 3.05) is 39.4 Å². The highest BCUT2D eigenvalue weighted by Crippen LogP contribution is 2.14. The van der Waals surface area contributed by atoms with Crippen molar-refractivity contribution in [2.24, 2.45) is 0 Å². The molecule has 1 saturated heterocycles. The van der Waals surface area contributed by atoms with E-state index in [1.54, 1.807) is 0 Å². The van der Waals surface area contributed by atoms with Gasteiger partial charge in [0, 0.05) is 24.5 Å². The molecule has 3 nitrogen and oxygen atoms in total. The highest BCUT2D eigenvalue weighted by atomic mass is 35.5. The first-order valence-corrected chi connectivity index (χ1v) is 7.28. The van der Waals surface area contributed by atoms with Gasteiger partial charge in [-0.25, -0.2) is 0 Å². The summed E-state index contributed by atoms with van der Waals surface area (Å²) in [5, 5.41) is 5.69. The van der Waals surface area contributed by atoms with E-state index in [-0.39, 0.29) is 24.8 Å². The molecule has 1 N–H and O–H groups in total. The Bertz CT molecular complexity index is 330. The molecular formula is C13H22Cl2N2OS-2. The van der Waals surface area contributed by atoms with Crippen molar-refractivity contribution < 1.29 is 29.6 Å². The van der Waals surface area contributed by atoms with Crippen LogP contribution in [-0.2, 0) is 11.3 Å². The Morgan fingerprint density at radius 1 is 1.32 bits per heavy atom. The van der Waals surface area contributed by atoms with Crippen LogP contribution in [0.2, 0.25) is 0 Å². The molecule has 0 bridgehead atoms. The van der Waals surface area contributed by atoms with E-state index in [4.69, 9.17) is 4.74 Å². The Morgan fingerprint density at radius 2 is 2.05 bits per heavy atom. The molecule has 0 atom stereocenters. The van der Waals surface area contributed by atoms with Gasteiger partial charge in [0.2, 0.25) is 0 Å². The third-order valence-electron chi connectivity index (χ3n) is 3.19. The molecular weight excluding hydrogens is 303 g/mol. The summed E-state index contributed by atoms with van der Waals surface area (Å²) < 4.78 is 5.33. The van der Waals surface area contributed by atoms with Gasteiger partial charge in [0.25, 0.3) is 0 Å². The van der Waals surface area contributed by atoms with Crippen LogP contribution in [0.1, 0.15) is 16.9 Å². The minimum absolute atomic E-state index is 0. The molecule has 0 radical (unpaired) electrons. The molecule has 0 aromatic carbocycles. The fourth-order valence-electron chi connectivity index (χ4n) is 2.04. The first kappa shape index (κ1) is 19.2. The van der Waals surface area contributed by atoms with Gasteiger partial charge < -0.3 is 34.9 Å². The summed E-state index contributed by atoms with van der Waals surface area (Å²) in [5.41, 5.74) is 1.41. The minimum atomic E-state index is 0. The number of ether oxygens (including phenoxy) is 1. The molecule has 0 spiro atoms. The fourth-order valence-corrected chi connectivity index (χ4v) is 2.92. The predicted octanol–water partition coefficient (Wildman–Crippen LogP) is -4.12. The summed E-state index contributed by atoms with van der Waals surface area (Å²) in [5.74, 6) is 0. The molecule has 0 amide bonds. The zero-order valence-electron chi connectivity index (χ0n) is 11.3. The largest absolute Gasteiger partial charge is 1.00 e. The van der Waals surface area contributed by atoms with Crippen LogP contribution >= 0.6 is 11.3 Å². The standard InChI is InChI=1S/C13H22N2OS.2ClH/c1-12-3-10-17-13(12)11-14-4-2-5-15-6-8-16-9-7-15;;/h3,10,14H,2,4-9,11H2,1H3;2*1H/p-2. The van der Waals surface area contributed by atoms with Crippen molar-refractivity contribution in [3.63, 3.8) is 0 Å². The van der Waals surface area contributed by atoms with Crippen LogP contribution < -0.4 is 30.1 Å². The van der Waals surface area contributed by atoms with E-state index >= 15 is 0 Å². The molecule has 1 aromatic heterocycles. The van der Waals surface area contributed by atoms with Crippen molar-refractivity contribution in [3.05, 3.63) is 21.9 Å². The van der Waals surface area contributed by atoms with E-state index < -0.39 is 0 Å². The van der Waals surface area contributed by atoms with Crippen LogP contribution in [-0.4, -0.2) is 44.3 Å². The van der Waals surface area contributed by atoms with E-state index in [9.17, 15) is 0 Å². The van der Waals surface area contributed by atoms with Gasteiger partial charge in [-0.15, -0.1) is 11.3 Å². The molecule has 1 aliphatic heterocycles. The van der Waals surface area contributed by atoms with Gasteiger partial charge >= 0.3 is 0 Å². The zero-order chi connectivity index (χ0) is 11.9. The number of hydrogen-bond donors (Lipinski definition) is 1. The summed E-state index contributed by atoms with van der Waals surface area (Å²) >= 11 is 1.85. The third kappa shape index (κ3) is 6.93. The summed E-state index contributed by atoms with van der Waals surface area (Å²) in [6.45, 7) is 9.51. The summed E-state index contributed by atoms with van der Waals surface area (Å²) in [7, 11) is 0. The van der Waals surface area contributed by atoms with Crippen molar-refractivity contribution in [1.29, 1.82) is 0 Å². The Hall–Kier alpha value is 0.160. The molecule has 0 unspecified atom stereocenters. The second-order valence-corrected chi connectivity index (χ2v) is 5.51. The average molecular weight is 325 g/mol. The minimum Gasteiger partial charge on any atom is -1.00 e. The lowest BCUT2D eigenvalue weighted by Crippen LogP contribution is -3.00. The van der Waals surface area contributed by atoms with E-state index in [0.29, 0.717) is 0 Å². The molecule has 2 rings (SSSR count). The van der Waals surface area contributed by atoms with Crippen molar-refractivity contribution >= 4 is 11.3 Å². The normalized spacial score (nSPS) is 15.6. The van der Waals surface area contributed by atoms with Crippen LogP contribution in [0.25, 0.3) is 0 Å². The summed E-state index contributed by atoms with van der Waals surface area (Å²) in [6.07, 6.45) is 1.23. The molecule has 112 valence electrons. The maximum atomic E-state index is 5.33. The third-order valence-corrected chi connectivity index (χ3v) is 4.21. The predicted molar refractivity (Wildman–Crippen MR) is 72.6 cm³/mol. The van der Waals surface area contributed by atoms with E-state index in [1.807, 2.05) is 11.3 Å². The van der Waals surface area contributed by atoms with Crippen molar-refractivity contribution in [2.45, 2.75) is 19.9 Å². The molecule has 0 aliphatic carbocycles. The molecule has 1 aromatic rings. The molecule has 1 fully saturated rings. The maximum Gasteiger partial charge on any atom is 0.0594 e. The summed E-state index contributed by atoms with van der Waals surface area (Å²) in [4.78, 5) is 3.96. The number of halogens is 2. The topological polar surface area (TPSA) is 24.5 Å². The van der Waals surface area contributed by atoms with Gasteiger partial charge in [-0.1, -0.05) is 0 Å². The van der Waals surface area contributed by atoms with Crippen LogP contribution in [0.5, 0.6) is 0 Å². The Morgan fingerprint density at radius 3 is 2.68 bits per heavy atom. The maximum absolute atomic E-state index is 5.33. The van der Waals surface area contributed by atoms with Crippen LogP contribution in [0.4, 0.5) is 0 Å². The lowest BCUT2D eigenvalue weighted by Gasteiger charge is -2.26. The first-order valence-electron chi connectivity index (χ1n) is 6.40. The number of nitrogens with one attached hydrogen (secondary N) is 1. The highest BCUT2D eigenvalue weighted by molar-refractivity contribution is 7.10. The first-order chi connectivity index (χ1) is 8.36. The Labute approximate surface area is 132 Å². The van der Waals surface area contributed by atoms with Crippen molar-refractivity contribution in [3.8, 4) is 0 Å². The number of hydrogen-bond acceptors (Lipinski definition) is 4. The van der Waals surface area contributed by atoms with Gasteiger partial charge in [0.05, 0.1) is 13.2 Å². The van der Waals surface area contributed by atoms with Crippen molar-refractivity contribution in [1.82, 2.24) is 10.2 Å². The second kappa shape index (κ2) is 10.9. The number of rotatable bonds is 6. The molecule has 2 heterocycles. The number of nitrogens with zero attached hydrogens (tertiary/aromatic N) is 1. The number of thiophene rings is 1. The van der Waals surface area contributed by atoms with Crippen LogP contribution in [0.15, 0.2) is 11.4 Å². The average Bonchev–Trinajstić information content (AvgIpc) is 2.76. The Balaban J connectivity index is 0.00000162. The zero-order valence-corrected chi connectivity index (χ0v) is 13.7. The van der Waals surface area contributed by atoms with Crippen LogP contribution in [0, 0.1) is 6.92 Å². The molecule has 1 aliphatic rings. The monoisotopic (exact) mass is 324 g/mol. The van der Waals surface area contributed by atoms with Crippen LogP contribution in [0.3, 0.4) is 0 Å². The second-order valence-electron chi connectivity index (χ2n) is 4.51. The van der Waals surface area contributed by atoms with E-state index in [2.05, 4.69) is 28.6 Å². The number of aryl methyl sites for hydroxylation is 1. The smallest absolute Gasteiger partial charge is 0.0594 e. The van der Waals surface area contributed by atoms with Gasteiger partial charge in [-0.2, -0.15) is 0 Å². The van der Waals surface area contributed by atoms with Gasteiger partial charge in [-0.05, 0) is 43.4 Å². The lowest BCUT2D eigenvalue weighted by molar-refractivity contribution is -0.00100. The number of morpholine rings is 1.